The van der Waals surface area contributed by atoms with Crippen LogP contribution in [0.3, 0.4) is 0 Å². The normalized spacial score (nSPS) is 15.0. The zero-order valence-electron chi connectivity index (χ0n) is 11.7. The molecule has 0 amide bonds. The van der Waals surface area contributed by atoms with Crippen molar-refractivity contribution in [2.75, 3.05) is 0 Å². The quantitative estimate of drug-likeness (QED) is 0.611. The maximum Gasteiger partial charge on any atom is 0.416 e. The highest BCUT2D eigenvalue weighted by molar-refractivity contribution is 7.91. The van der Waals surface area contributed by atoms with Crippen LogP contribution in [0.15, 0.2) is 33.1 Å². The molecular weight excluding hydrogens is 303 g/mol. The number of benzene rings is 1. The number of rotatable bonds is 2. The first-order valence-electron chi connectivity index (χ1n) is 6.14. The molecule has 114 valence electrons. The van der Waals surface area contributed by atoms with Crippen LogP contribution in [0.5, 0.6) is 0 Å². The fourth-order valence-corrected chi connectivity index (χ4v) is 2.07. The van der Waals surface area contributed by atoms with E-state index >= 15 is 0 Å². The molecule has 0 aliphatic heterocycles. The maximum absolute atomic E-state index is 12.6. The first-order chi connectivity index (χ1) is 9.57. The third-order valence-electron chi connectivity index (χ3n) is 2.67. The Balaban J connectivity index is 2.30. The molecule has 0 fully saturated rings. The molecule has 1 atom stereocenters. The van der Waals surface area contributed by atoms with Gasteiger partial charge in [0.25, 0.3) is 0 Å². The van der Waals surface area contributed by atoms with E-state index in [4.69, 9.17) is 4.42 Å². The minimum atomic E-state index is -4.41. The second kappa shape index (κ2) is 5.38. The van der Waals surface area contributed by atoms with E-state index in [0.717, 1.165) is 12.1 Å². The number of hydrogen-bond donors (Lipinski definition) is 0. The molecule has 1 aromatic heterocycles. The van der Waals surface area contributed by atoms with Crippen LogP contribution >= 0.6 is 0 Å². The summed E-state index contributed by atoms with van der Waals surface area (Å²) in [7, 11) is 0. The van der Waals surface area contributed by atoms with Gasteiger partial charge in [-0.1, -0.05) is 10.5 Å². The number of hydrogen-bond acceptors (Lipinski definition) is 3. The second-order valence-corrected chi connectivity index (χ2v) is 7.43. The first kappa shape index (κ1) is 15.9. The Morgan fingerprint density at radius 2 is 1.86 bits per heavy atom. The van der Waals surface area contributed by atoms with E-state index in [2.05, 4.69) is 4.40 Å². The Hall–Kier alpha value is -1.47. The van der Waals surface area contributed by atoms with Gasteiger partial charge in [-0.25, -0.2) is 0 Å². The lowest BCUT2D eigenvalue weighted by Gasteiger charge is -2.17. The molecule has 0 aliphatic carbocycles. The van der Waals surface area contributed by atoms with E-state index in [1.807, 2.05) is 0 Å². The van der Waals surface area contributed by atoms with Gasteiger partial charge in [-0.3, -0.25) is 0 Å². The number of alkyl halides is 3. The summed E-state index contributed by atoms with van der Waals surface area (Å²) in [6, 6.07) is 4.82. The van der Waals surface area contributed by atoms with Crippen molar-refractivity contribution < 1.29 is 22.1 Å². The van der Waals surface area contributed by atoms with E-state index in [1.165, 1.54) is 12.3 Å². The van der Waals surface area contributed by atoms with Crippen molar-refractivity contribution in [3.63, 3.8) is 0 Å². The zero-order chi connectivity index (χ0) is 15.8. The van der Waals surface area contributed by atoms with Gasteiger partial charge in [-0.15, -0.1) is 0 Å². The van der Waals surface area contributed by atoms with E-state index < -0.39 is 27.8 Å². The molecule has 21 heavy (non-hydrogen) atoms. The summed E-state index contributed by atoms with van der Waals surface area (Å²) >= 11 is -1.45. The molecule has 0 N–H and O–H groups in total. The van der Waals surface area contributed by atoms with Crippen LogP contribution in [-0.4, -0.2) is 15.5 Å². The summed E-state index contributed by atoms with van der Waals surface area (Å²) < 4.78 is 58.2. The standard InChI is InChI=1S/C14H14F3NO2S/c1-13(2,3)21(19)18-8-11-6-9-4-5-10(14(15,16)17)7-12(9)20-11/h4-8H,1-3H3. The van der Waals surface area contributed by atoms with Gasteiger partial charge in [-0.2, -0.15) is 13.2 Å². The zero-order valence-corrected chi connectivity index (χ0v) is 12.5. The van der Waals surface area contributed by atoms with Gasteiger partial charge in [0, 0.05) is 5.39 Å². The van der Waals surface area contributed by atoms with Crippen molar-refractivity contribution in [3.8, 4) is 0 Å². The lowest BCUT2D eigenvalue weighted by Crippen LogP contribution is -2.25. The molecule has 3 nitrogen and oxygen atoms in total. The molecule has 0 spiro atoms. The average molecular weight is 317 g/mol. The number of furan rings is 1. The van der Waals surface area contributed by atoms with Crippen molar-refractivity contribution >= 4 is 28.5 Å². The number of halogens is 3. The van der Waals surface area contributed by atoms with Crippen LogP contribution < -0.4 is 0 Å². The summed E-state index contributed by atoms with van der Waals surface area (Å²) in [4.78, 5) is 0. The van der Waals surface area contributed by atoms with Gasteiger partial charge in [0.05, 0.1) is 5.56 Å². The predicted octanol–water partition coefficient (Wildman–Crippen LogP) is 4.33. The molecule has 2 rings (SSSR count). The van der Waals surface area contributed by atoms with Crippen molar-refractivity contribution in [1.29, 1.82) is 0 Å². The largest absolute Gasteiger partial charge is 0.591 e. The molecule has 7 heteroatoms. The molecule has 0 saturated heterocycles. The average Bonchev–Trinajstić information content (AvgIpc) is 2.75. The monoisotopic (exact) mass is 317 g/mol. The lowest BCUT2D eigenvalue weighted by atomic mass is 10.1. The maximum atomic E-state index is 12.6. The third kappa shape index (κ3) is 3.79. The van der Waals surface area contributed by atoms with Crippen LogP contribution in [0.25, 0.3) is 11.0 Å². The molecule has 1 aromatic carbocycles. The van der Waals surface area contributed by atoms with Gasteiger partial charge in [0.15, 0.2) is 5.76 Å². The van der Waals surface area contributed by atoms with Gasteiger partial charge < -0.3 is 8.97 Å². The summed E-state index contributed by atoms with van der Waals surface area (Å²) in [5.41, 5.74) is -0.654. The van der Waals surface area contributed by atoms with Crippen LogP contribution in [0.4, 0.5) is 13.2 Å². The molecule has 0 aliphatic rings. The van der Waals surface area contributed by atoms with E-state index in [-0.39, 0.29) is 11.3 Å². The first-order valence-corrected chi connectivity index (χ1v) is 7.25. The van der Waals surface area contributed by atoms with Gasteiger partial charge in [0.2, 0.25) is 0 Å². The highest BCUT2D eigenvalue weighted by Gasteiger charge is 2.31. The summed E-state index contributed by atoms with van der Waals surface area (Å²) in [5, 5.41) is 0.533. The Morgan fingerprint density at radius 1 is 1.19 bits per heavy atom. The van der Waals surface area contributed by atoms with E-state index in [0.29, 0.717) is 5.39 Å². The van der Waals surface area contributed by atoms with E-state index in [1.54, 1.807) is 26.8 Å². The second-order valence-electron chi connectivity index (χ2n) is 5.50. The highest BCUT2D eigenvalue weighted by Crippen LogP contribution is 2.32. The Morgan fingerprint density at radius 3 is 2.43 bits per heavy atom. The molecule has 1 unspecified atom stereocenters. The molecule has 1 heterocycles. The molecule has 0 saturated carbocycles. The highest BCUT2D eigenvalue weighted by atomic mass is 32.2. The smallest absolute Gasteiger partial charge is 0.416 e. The van der Waals surface area contributed by atoms with Crippen LogP contribution in [0.1, 0.15) is 32.1 Å². The van der Waals surface area contributed by atoms with Gasteiger partial charge >= 0.3 is 6.18 Å². The Kier molecular flexibility index (Phi) is 4.08. The molecule has 0 radical (unpaired) electrons. The fourth-order valence-electron chi connectivity index (χ4n) is 1.55. The fraction of sp³-hybridized carbons (Fsp3) is 0.357. The summed E-state index contributed by atoms with van der Waals surface area (Å²) in [6.07, 6.45) is -3.14. The van der Waals surface area contributed by atoms with E-state index in [9.17, 15) is 17.7 Å². The van der Waals surface area contributed by atoms with Crippen LogP contribution in [-0.2, 0) is 17.5 Å². The molecular formula is C14H14F3NO2S. The summed E-state index contributed by atoms with van der Waals surface area (Å²) in [6.45, 7) is 5.32. The predicted molar refractivity (Wildman–Crippen MR) is 76.7 cm³/mol. The van der Waals surface area contributed by atoms with Gasteiger partial charge in [0.1, 0.15) is 27.9 Å². The minimum Gasteiger partial charge on any atom is -0.591 e. The SMILES string of the molecule is CC(C)(C)[S+]([O-])N=Cc1cc2ccc(C(F)(F)F)cc2o1. The Labute approximate surface area is 123 Å². The summed E-state index contributed by atoms with van der Waals surface area (Å²) in [5.74, 6) is 0.266. The van der Waals surface area contributed by atoms with Crippen LogP contribution in [0.2, 0.25) is 0 Å². The van der Waals surface area contributed by atoms with Crippen LogP contribution in [0, 0.1) is 0 Å². The number of fused-ring (bicyclic) bond motifs is 1. The molecule has 2 aromatic rings. The Bertz CT molecular complexity index is 671. The van der Waals surface area contributed by atoms with Crippen molar-refractivity contribution in [3.05, 3.63) is 35.6 Å². The number of nitrogens with zero attached hydrogens (tertiary/aromatic N) is 1. The lowest BCUT2D eigenvalue weighted by molar-refractivity contribution is -0.137. The minimum absolute atomic E-state index is 0.118. The van der Waals surface area contributed by atoms with Gasteiger partial charge in [-0.05, 0) is 39.0 Å². The van der Waals surface area contributed by atoms with Crippen molar-refractivity contribution in [2.24, 2.45) is 4.40 Å². The third-order valence-corrected chi connectivity index (χ3v) is 4.01. The molecule has 0 bridgehead atoms. The topological polar surface area (TPSA) is 48.6 Å². The van der Waals surface area contributed by atoms with Crippen molar-refractivity contribution in [2.45, 2.75) is 31.7 Å². The van der Waals surface area contributed by atoms with Crippen molar-refractivity contribution in [1.82, 2.24) is 0 Å².